The second-order valence-electron chi connectivity index (χ2n) is 6.04. The Hall–Kier alpha value is -1.75. The topological polar surface area (TPSA) is 67.8 Å². The molecule has 2 N–H and O–H groups in total. The lowest BCUT2D eigenvalue weighted by Crippen LogP contribution is -2.40. The minimum Gasteiger partial charge on any atom is -0.454 e. The molecule has 1 saturated carbocycles. The van der Waals surface area contributed by atoms with Crippen molar-refractivity contribution in [1.82, 2.24) is 5.32 Å². The Labute approximate surface area is 124 Å². The maximum Gasteiger partial charge on any atom is 0.231 e. The number of nitrogens with one attached hydrogen (secondary N) is 1. The molecule has 1 amide bonds. The Balaban J connectivity index is 1.64. The van der Waals surface area contributed by atoms with Crippen LogP contribution in [-0.2, 0) is 10.4 Å². The van der Waals surface area contributed by atoms with E-state index in [1.807, 2.05) is 0 Å². The van der Waals surface area contributed by atoms with Crippen LogP contribution in [0.2, 0.25) is 0 Å². The average molecular weight is 291 g/mol. The van der Waals surface area contributed by atoms with Crippen molar-refractivity contribution < 1.29 is 19.4 Å². The van der Waals surface area contributed by atoms with Gasteiger partial charge in [0, 0.05) is 5.92 Å². The molecule has 1 heterocycles. The van der Waals surface area contributed by atoms with Gasteiger partial charge in [-0.2, -0.15) is 0 Å². The Bertz CT molecular complexity index is 535. The molecule has 1 fully saturated rings. The molecular formula is C16H21NO4. The highest BCUT2D eigenvalue weighted by Gasteiger charge is 2.29. The third-order valence-corrected chi connectivity index (χ3v) is 4.33. The number of hydrogen-bond donors (Lipinski definition) is 2. The Morgan fingerprint density at radius 3 is 2.81 bits per heavy atom. The van der Waals surface area contributed by atoms with Crippen molar-refractivity contribution in [1.29, 1.82) is 0 Å². The number of carbonyl (C=O) groups excluding carboxylic acids is 1. The van der Waals surface area contributed by atoms with Gasteiger partial charge in [-0.3, -0.25) is 4.79 Å². The van der Waals surface area contributed by atoms with E-state index in [0.717, 1.165) is 25.7 Å². The van der Waals surface area contributed by atoms with Crippen LogP contribution in [0.15, 0.2) is 18.2 Å². The van der Waals surface area contributed by atoms with E-state index in [9.17, 15) is 9.90 Å². The Morgan fingerprint density at radius 1 is 1.33 bits per heavy atom. The number of fused-ring (bicyclic) bond motifs is 1. The molecule has 3 rings (SSSR count). The van der Waals surface area contributed by atoms with Crippen molar-refractivity contribution >= 4 is 5.91 Å². The average Bonchev–Trinajstić information content (AvgIpc) is 3.14. The van der Waals surface area contributed by atoms with Gasteiger partial charge in [0.2, 0.25) is 12.7 Å². The summed E-state index contributed by atoms with van der Waals surface area (Å²) in [5.74, 6) is 1.48. The van der Waals surface area contributed by atoms with Crippen molar-refractivity contribution in [2.24, 2.45) is 5.92 Å². The molecule has 5 nitrogen and oxygen atoms in total. The van der Waals surface area contributed by atoms with Gasteiger partial charge in [0.25, 0.3) is 0 Å². The van der Waals surface area contributed by atoms with Crippen molar-refractivity contribution in [3.8, 4) is 11.5 Å². The molecule has 0 radical (unpaired) electrons. The molecule has 1 unspecified atom stereocenters. The highest BCUT2D eigenvalue weighted by Crippen LogP contribution is 2.35. The molecule has 5 heteroatoms. The molecule has 2 aliphatic rings. The number of ether oxygens (including phenoxy) is 2. The zero-order valence-electron chi connectivity index (χ0n) is 12.2. The predicted molar refractivity (Wildman–Crippen MR) is 77.1 cm³/mol. The van der Waals surface area contributed by atoms with Gasteiger partial charge >= 0.3 is 0 Å². The molecule has 1 atom stereocenters. The van der Waals surface area contributed by atoms with Crippen LogP contribution in [0.4, 0.5) is 0 Å². The zero-order chi connectivity index (χ0) is 14.9. The highest BCUT2D eigenvalue weighted by molar-refractivity contribution is 5.78. The first-order valence-corrected chi connectivity index (χ1v) is 7.46. The van der Waals surface area contributed by atoms with E-state index in [1.165, 1.54) is 0 Å². The maximum absolute atomic E-state index is 12.0. The smallest absolute Gasteiger partial charge is 0.231 e. The normalized spacial score (nSPS) is 20.3. The second kappa shape index (κ2) is 5.56. The van der Waals surface area contributed by atoms with Crippen LogP contribution >= 0.6 is 0 Å². The van der Waals surface area contributed by atoms with Gasteiger partial charge < -0.3 is 19.9 Å². The van der Waals surface area contributed by atoms with E-state index in [-0.39, 0.29) is 25.2 Å². The minimum atomic E-state index is -1.13. The standard InChI is InChI=1S/C16H21NO4/c1-16(19,9-17-15(18)11-4-2-3-5-11)12-6-7-13-14(8-12)21-10-20-13/h6-8,11,19H,2-5,9-10H2,1H3,(H,17,18). The predicted octanol–water partition coefficient (Wildman–Crippen LogP) is 1.93. The summed E-state index contributed by atoms with van der Waals surface area (Å²) in [6.07, 6.45) is 4.16. The maximum atomic E-state index is 12.0. The van der Waals surface area contributed by atoms with E-state index in [2.05, 4.69) is 5.32 Å². The van der Waals surface area contributed by atoms with Gasteiger partial charge in [0.15, 0.2) is 11.5 Å². The summed E-state index contributed by atoms with van der Waals surface area (Å²) < 4.78 is 10.6. The summed E-state index contributed by atoms with van der Waals surface area (Å²) in [4.78, 5) is 12.0. The molecule has 1 aromatic carbocycles. The molecule has 1 aliphatic carbocycles. The fraction of sp³-hybridized carbons (Fsp3) is 0.562. The van der Waals surface area contributed by atoms with Gasteiger partial charge in [0.1, 0.15) is 5.60 Å². The van der Waals surface area contributed by atoms with Crippen LogP contribution in [0.5, 0.6) is 11.5 Å². The second-order valence-corrected chi connectivity index (χ2v) is 6.04. The van der Waals surface area contributed by atoms with Crippen molar-refractivity contribution in [2.45, 2.75) is 38.2 Å². The van der Waals surface area contributed by atoms with Crippen molar-refractivity contribution in [3.05, 3.63) is 23.8 Å². The number of hydrogen-bond acceptors (Lipinski definition) is 4. The first-order valence-electron chi connectivity index (χ1n) is 7.46. The SMILES string of the molecule is CC(O)(CNC(=O)C1CCCC1)c1ccc2c(c1)OCO2. The third-order valence-electron chi connectivity index (χ3n) is 4.33. The lowest BCUT2D eigenvalue weighted by Gasteiger charge is -2.25. The first kappa shape index (κ1) is 14.2. The minimum absolute atomic E-state index is 0.0496. The summed E-state index contributed by atoms with van der Waals surface area (Å²) in [5.41, 5.74) is -0.423. The summed E-state index contributed by atoms with van der Waals surface area (Å²) in [6, 6.07) is 5.35. The number of benzene rings is 1. The van der Waals surface area contributed by atoms with Crippen LogP contribution in [0.25, 0.3) is 0 Å². The fourth-order valence-corrected chi connectivity index (χ4v) is 2.93. The lowest BCUT2D eigenvalue weighted by atomic mass is 9.95. The molecule has 1 aromatic rings. The van der Waals surface area contributed by atoms with E-state index in [1.54, 1.807) is 25.1 Å². The summed E-state index contributed by atoms with van der Waals surface area (Å²) >= 11 is 0. The number of carbonyl (C=O) groups is 1. The zero-order valence-corrected chi connectivity index (χ0v) is 12.2. The van der Waals surface area contributed by atoms with E-state index < -0.39 is 5.60 Å². The third kappa shape index (κ3) is 2.97. The molecule has 0 spiro atoms. The number of rotatable bonds is 4. The molecular weight excluding hydrogens is 270 g/mol. The van der Waals surface area contributed by atoms with Crippen LogP contribution in [0.3, 0.4) is 0 Å². The molecule has 0 bridgehead atoms. The van der Waals surface area contributed by atoms with E-state index in [4.69, 9.17) is 9.47 Å². The summed E-state index contributed by atoms with van der Waals surface area (Å²) in [6.45, 7) is 2.10. The van der Waals surface area contributed by atoms with Gasteiger partial charge in [0.05, 0.1) is 6.54 Å². The van der Waals surface area contributed by atoms with Gasteiger partial charge in [-0.1, -0.05) is 18.9 Å². The van der Waals surface area contributed by atoms with Crippen LogP contribution in [-0.4, -0.2) is 24.4 Å². The lowest BCUT2D eigenvalue weighted by molar-refractivity contribution is -0.126. The molecule has 1 aliphatic heterocycles. The Morgan fingerprint density at radius 2 is 2.05 bits per heavy atom. The van der Waals surface area contributed by atoms with Crippen molar-refractivity contribution in [2.75, 3.05) is 13.3 Å². The Kier molecular flexibility index (Phi) is 3.76. The molecule has 0 aromatic heterocycles. The number of amides is 1. The monoisotopic (exact) mass is 291 g/mol. The van der Waals surface area contributed by atoms with Crippen LogP contribution in [0.1, 0.15) is 38.2 Å². The quantitative estimate of drug-likeness (QED) is 0.889. The largest absolute Gasteiger partial charge is 0.454 e. The van der Waals surface area contributed by atoms with Gasteiger partial charge in [-0.15, -0.1) is 0 Å². The first-order chi connectivity index (χ1) is 10.1. The summed E-state index contributed by atoms with van der Waals surface area (Å²) in [5, 5.41) is 13.5. The van der Waals surface area contributed by atoms with Crippen molar-refractivity contribution in [3.63, 3.8) is 0 Å². The molecule has 0 saturated heterocycles. The summed E-state index contributed by atoms with van der Waals surface area (Å²) in [7, 11) is 0. The van der Waals surface area contributed by atoms with Gasteiger partial charge in [-0.25, -0.2) is 0 Å². The highest BCUT2D eigenvalue weighted by atomic mass is 16.7. The molecule has 114 valence electrons. The van der Waals surface area contributed by atoms with Crippen LogP contribution in [0, 0.1) is 5.92 Å². The van der Waals surface area contributed by atoms with Gasteiger partial charge in [-0.05, 0) is 37.5 Å². The van der Waals surface area contributed by atoms with Crippen LogP contribution < -0.4 is 14.8 Å². The van der Waals surface area contributed by atoms with E-state index in [0.29, 0.717) is 17.1 Å². The number of aliphatic hydroxyl groups is 1. The molecule has 21 heavy (non-hydrogen) atoms. The van der Waals surface area contributed by atoms with E-state index >= 15 is 0 Å². The fourth-order valence-electron chi connectivity index (χ4n) is 2.93.